The SMILES string of the molecule is NC(=O)[C@@H](O)[C@@H]1O[C@H](n2cc(F)c(=O)[nH]c2=O)[C@@H](O)[C@@H]1O. The minimum Gasteiger partial charge on any atom is -0.387 e. The Morgan fingerprint density at radius 2 is 2.05 bits per heavy atom. The van der Waals surface area contributed by atoms with Crippen LogP contribution in [0.4, 0.5) is 4.39 Å². The van der Waals surface area contributed by atoms with E-state index in [9.17, 15) is 34.1 Å². The number of aliphatic hydroxyl groups is 3. The van der Waals surface area contributed by atoms with E-state index in [1.54, 1.807) is 4.98 Å². The van der Waals surface area contributed by atoms with Gasteiger partial charge in [0.2, 0.25) is 11.7 Å². The van der Waals surface area contributed by atoms with Gasteiger partial charge in [-0.25, -0.2) is 4.79 Å². The highest BCUT2D eigenvalue weighted by Crippen LogP contribution is 2.30. The summed E-state index contributed by atoms with van der Waals surface area (Å²) in [6, 6.07) is 0. The third kappa shape index (κ3) is 2.58. The van der Waals surface area contributed by atoms with Crippen molar-refractivity contribution in [2.75, 3.05) is 0 Å². The lowest BCUT2D eigenvalue weighted by Crippen LogP contribution is -2.45. The predicted molar refractivity (Wildman–Crippen MR) is 62.4 cm³/mol. The van der Waals surface area contributed by atoms with Crippen molar-refractivity contribution in [3.63, 3.8) is 0 Å². The Balaban J connectivity index is 2.38. The number of nitrogens with one attached hydrogen (secondary N) is 1. The number of hydrogen-bond acceptors (Lipinski definition) is 7. The molecule has 0 saturated carbocycles. The maximum Gasteiger partial charge on any atom is 0.330 e. The fourth-order valence-electron chi connectivity index (χ4n) is 1.99. The highest BCUT2D eigenvalue weighted by atomic mass is 19.1. The Morgan fingerprint density at radius 1 is 1.43 bits per heavy atom. The van der Waals surface area contributed by atoms with Gasteiger partial charge < -0.3 is 25.8 Å². The number of carbonyl (C=O) groups excluding carboxylic acids is 1. The molecule has 1 aromatic rings. The summed E-state index contributed by atoms with van der Waals surface area (Å²) < 4.78 is 18.7. The molecular weight excluding hydrogens is 293 g/mol. The summed E-state index contributed by atoms with van der Waals surface area (Å²) in [6.07, 6.45) is -8.20. The van der Waals surface area contributed by atoms with Gasteiger partial charge in [-0.15, -0.1) is 0 Å². The van der Waals surface area contributed by atoms with E-state index in [1.807, 2.05) is 0 Å². The fourth-order valence-corrected chi connectivity index (χ4v) is 1.99. The topological polar surface area (TPSA) is 168 Å². The first kappa shape index (κ1) is 15.3. The minimum atomic E-state index is -1.94. The molecule has 10 nitrogen and oxygen atoms in total. The van der Waals surface area contributed by atoms with E-state index >= 15 is 0 Å². The second-order valence-electron chi connectivity index (χ2n) is 4.46. The Kier molecular flexibility index (Phi) is 3.91. The lowest BCUT2D eigenvalue weighted by molar-refractivity contribution is -0.140. The fraction of sp³-hybridized carbons (Fsp3) is 0.500. The lowest BCUT2D eigenvalue weighted by atomic mass is 10.1. The number of H-pyrrole nitrogens is 1. The quantitative estimate of drug-likeness (QED) is 0.380. The molecule has 11 heteroatoms. The first-order valence-electron chi connectivity index (χ1n) is 5.74. The second kappa shape index (κ2) is 5.37. The van der Waals surface area contributed by atoms with E-state index in [1.165, 1.54) is 0 Å². The molecule has 21 heavy (non-hydrogen) atoms. The summed E-state index contributed by atoms with van der Waals surface area (Å²) in [6.45, 7) is 0. The van der Waals surface area contributed by atoms with Crippen molar-refractivity contribution in [3.05, 3.63) is 32.9 Å². The number of nitrogens with two attached hydrogens (primary N) is 1. The molecule has 0 aliphatic carbocycles. The third-order valence-electron chi connectivity index (χ3n) is 3.08. The van der Waals surface area contributed by atoms with E-state index < -0.39 is 53.6 Å². The molecule has 5 atom stereocenters. The van der Waals surface area contributed by atoms with Gasteiger partial charge in [0.15, 0.2) is 12.3 Å². The number of nitrogens with zero attached hydrogens (tertiary/aromatic N) is 1. The second-order valence-corrected chi connectivity index (χ2v) is 4.46. The number of primary amides is 1. The van der Waals surface area contributed by atoms with Crippen LogP contribution in [0.3, 0.4) is 0 Å². The van der Waals surface area contributed by atoms with Crippen LogP contribution in [0.5, 0.6) is 0 Å². The molecule has 0 unspecified atom stereocenters. The first-order chi connectivity index (χ1) is 9.73. The molecule has 1 aromatic heterocycles. The van der Waals surface area contributed by atoms with Crippen molar-refractivity contribution in [1.82, 2.24) is 9.55 Å². The first-order valence-corrected chi connectivity index (χ1v) is 5.74. The van der Waals surface area contributed by atoms with Crippen molar-refractivity contribution < 1.29 is 29.2 Å². The molecule has 2 heterocycles. The van der Waals surface area contributed by atoms with Crippen LogP contribution < -0.4 is 17.0 Å². The molecule has 0 aromatic carbocycles. The standard InChI is InChI=1S/C10H12FN3O7/c11-2-1-14(10(20)13-8(2)19)9-4(16)3(15)6(21-9)5(17)7(12)18/h1,3-6,9,15-17H,(H2,12,18)(H,13,19,20)/t3-,4-,5-,6+,9-/m0/s1. The Morgan fingerprint density at radius 3 is 2.62 bits per heavy atom. The molecule has 1 aliphatic heterocycles. The van der Waals surface area contributed by atoms with Gasteiger partial charge in [-0.05, 0) is 0 Å². The number of carbonyl (C=O) groups is 1. The van der Waals surface area contributed by atoms with Gasteiger partial charge in [-0.1, -0.05) is 0 Å². The summed E-state index contributed by atoms with van der Waals surface area (Å²) in [5, 5.41) is 28.9. The number of ether oxygens (including phenoxy) is 1. The number of rotatable bonds is 3. The van der Waals surface area contributed by atoms with Gasteiger partial charge in [0.25, 0.3) is 5.56 Å². The molecule has 2 rings (SSSR count). The average molecular weight is 305 g/mol. The van der Waals surface area contributed by atoms with Crippen LogP contribution in [0.25, 0.3) is 0 Å². The van der Waals surface area contributed by atoms with Gasteiger partial charge in [-0.3, -0.25) is 19.1 Å². The number of amides is 1. The van der Waals surface area contributed by atoms with Gasteiger partial charge in [0.1, 0.15) is 18.3 Å². The van der Waals surface area contributed by atoms with Gasteiger partial charge in [-0.2, -0.15) is 4.39 Å². The average Bonchev–Trinajstić information content (AvgIpc) is 2.70. The van der Waals surface area contributed by atoms with Crippen LogP contribution in [0.1, 0.15) is 6.23 Å². The van der Waals surface area contributed by atoms with Crippen LogP contribution in [0.15, 0.2) is 15.8 Å². The molecular formula is C10H12FN3O7. The van der Waals surface area contributed by atoms with Gasteiger partial charge in [0, 0.05) is 0 Å². The molecule has 6 N–H and O–H groups in total. The van der Waals surface area contributed by atoms with Crippen molar-refractivity contribution in [2.45, 2.75) is 30.6 Å². The molecule has 0 bridgehead atoms. The van der Waals surface area contributed by atoms with Crippen molar-refractivity contribution in [3.8, 4) is 0 Å². The highest BCUT2D eigenvalue weighted by Gasteiger charge is 2.48. The van der Waals surface area contributed by atoms with E-state index in [0.29, 0.717) is 10.8 Å². The normalized spacial score (nSPS) is 30.3. The van der Waals surface area contributed by atoms with Gasteiger partial charge in [0.05, 0.1) is 6.20 Å². The van der Waals surface area contributed by atoms with Crippen LogP contribution in [0.2, 0.25) is 0 Å². The van der Waals surface area contributed by atoms with Crippen LogP contribution in [0, 0.1) is 5.82 Å². The maximum atomic E-state index is 13.2. The Bertz CT molecular complexity index is 671. The zero-order chi connectivity index (χ0) is 15.9. The predicted octanol–water partition coefficient (Wildman–Crippen LogP) is -3.86. The highest BCUT2D eigenvalue weighted by molar-refractivity contribution is 5.79. The zero-order valence-corrected chi connectivity index (χ0v) is 10.3. The summed E-state index contributed by atoms with van der Waals surface area (Å²) in [5.74, 6) is -2.54. The van der Waals surface area contributed by atoms with Gasteiger partial charge >= 0.3 is 5.69 Å². The van der Waals surface area contributed by atoms with Crippen molar-refractivity contribution in [2.24, 2.45) is 5.73 Å². The monoisotopic (exact) mass is 305 g/mol. The summed E-state index contributed by atoms with van der Waals surface area (Å²) in [5.41, 5.74) is 2.47. The Hall–Kier alpha value is -2.08. The third-order valence-corrected chi connectivity index (χ3v) is 3.08. The summed E-state index contributed by atoms with van der Waals surface area (Å²) >= 11 is 0. The molecule has 0 spiro atoms. The maximum absolute atomic E-state index is 13.2. The largest absolute Gasteiger partial charge is 0.387 e. The number of aromatic nitrogens is 2. The molecule has 116 valence electrons. The number of aromatic amines is 1. The number of hydrogen-bond donors (Lipinski definition) is 5. The van der Waals surface area contributed by atoms with Crippen LogP contribution in [-0.4, -0.2) is 55.2 Å². The van der Waals surface area contributed by atoms with E-state index in [0.717, 1.165) is 0 Å². The zero-order valence-electron chi connectivity index (χ0n) is 10.3. The van der Waals surface area contributed by atoms with Crippen LogP contribution in [-0.2, 0) is 9.53 Å². The van der Waals surface area contributed by atoms with Crippen molar-refractivity contribution in [1.29, 1.82) is 0 Å². The smallest absolute Gasteiger partial charge is 0.330 e. The minimum absolute atomic E-state index is 0.473. The molecule has 1 saturated heterocycles. The Labute approximate surface area is 115 Å². The van der Waals surface area contributed by atoms with Crippen LogP contribution >= 0.6 is 0 Å². The van der Waals surface area contributed by atoms with E-state index in [2.05, 4.69) is 0 Å². The summed E-state index contributed by atoms with van der Waals surface area (Å²) in [7, 11) is 0. The molecule has 1 aliphatic rings. The molecule has 1 amide bonds. The molecule has 0 radical (unpaired) electrons. The number of halogens is 1. The van der Waals surface area contributed by atoms with Crippen molar-refractivity contribution >= 4 is 5.91 Å². The lowest BCUT2D eigenvalue weighted by Gasteiger charge is -2.18. The number of aliphatic hydroxyl groups excluding tert-OH is 3. The summed E-state index contributed by atoms with van der Waals surface area (Å²) in [4.78, 5) is 35.0. The van der Waals surface area contributed by atoms with E-state index in [4.69, 9.17) is 10.5 Å². The van der Waals surface area contributed by atoms with E-state index in [-0.39, 0.29) is 0 Å². The molecule has 1 fully saturated rings.